The molecule has 1 aliphatic heterocycles. The van der Waals surface area contributed by atoms with Crippen LogP contribution in [0.2, 0.25) is 0 Å². The van der Waals surface area contributed by atoms with Crippen molar-refractivity contribution in [1.82, 2.24) is 19.9 Å². The molecule has 0 radical (unpaired) electrons. The molecule has 0 bridgehead atoms. The number of aromatic carboxylic acids is 2. The monoisotopic (exact) mass is 344 g/mol. The second-order valence-corrected chi connectivity index (χ2v) is 5.91. The molecule has 0 spiro atoms. The van der Waals surface area contributed by atoms with Crippen molar-refractivity contribution in [1.29, 1.82) is 0 Å². The number of carboxylic acids is 2. The van der Waals surface area contributed by atoms with Gasteiger partial charge in [0, 0.05) is 32.0 Å². The molecular formula is C16H16N4O5. The first kappa shape index (κ1) is 16.6. The zero-order valence-corrected chi connectivity index (χ0v) is 13.2. The molecule has 2 aromatic rings. The van der Waals surface area contributed by atoms with E-state index in [9.17, 15) is 19.5 Å². The zero-order chi connectivity index (χ0) is 18.0. The Balaban J connectivity index is 1.72. The van der Waals surface area contributed by atoms with Crippen molar-refractivity contribution in [2.75, 3.05) is 6.54 Å². The van der Waals surface area contributed by atoms with Gasteiger partial charge in [-0.25, -0.2) is 14.3 Å². The lowest BCUT2D eigenvalue weighted by Gasteiger charge is -2.17. The SMILES string of the molecule is O=C(O)c1nnn(CC2CC(=O)N(Cc3ccccc3)C2)c1C(=O)O. The average Bonchev–Trinajstić information content (AvgIpc) is 3.13. The van der Waals surface area contributed by atoms with Crippen molar-refractivity contribution in [2.45, 2.75) is 19.5 Å². The Kier molecular flexibility index (Phi) is 4.46. The van der Waals surface area contributed by atoms with Crippen LogP contribution in [0, 0.1) is 5.92 Å². The first-order valence-electron chi connectivity index (χ1n) is 7.67. The third-order valence-electron chi connectivity index (χ3n) is 4.08. The number of carbonyl (C=O) groups excluding carboxylic acids is 1. The molecule has 1 amide bonds. The van der Waals surface area contributed by atoms with Crippen molar-refractivity contribution in [3.63, 3.8) is 0 Å². The maximum atomic E-state index is 12.2. The van der Waals surface area contributed by atoms with E-state index in [0.29, 0.717) is 13.1 Å². The summed E-state index contributed by atoms with van der Waals surface area (Å²) < 4.78 is 1.05. The molecule has 25 heavy (non-hydrogen) atoms. The minimum Gasteiger partial charge on any atom is -0.476 e. The number of amides is 1. The summed E-state index contributed by atoms with van der Waals surface area (Å²) >= 11 is 0. The first-order chi connectivity index (χ1) is 12.0. The number of carboxylic acid groups (broad SMARTS) is 2. The van der Waals surface area contributed by atoms with E-state index in [-0.39, 0.29) is 24.8 Å². The van der Waals surface area contributed by atoms with E-state index < -0.39 is 23.3 Å². The molecule has 1 unspecified atom stereocenters. The molecule has 1 aromatic carbocycles. The second-order valence-electron chi connectivity index (χ2n) is 5.91. The van der Waals surface area contributed by atoms with E-state index in [0.717, 1.165) is 10.2 Å². The van der Waals surface area contributed by atoms with Crippen LogP contribution in [-0.4, -0.2) is 54.5 Å². The van der Waals surface area contributed by atoms with Gasteiger partial charge in [0.15, 0.2) is 5.69 Å². The van der Waals surface area contributed by atoms with Gasteiger partial charge >= 0.3 is 11.9 Å². The highest BCUT2D eigenvalue weighted by Crippen LogP contribution is 2.22. The molecule has 0 aliphatic carbocycles. The predicted molar refractivity (Wildman–Crippen MR) is 83.9 cm³/mol. The number of rotatable bonds is 6. The Morgan fingerprint density at radius 2 is 1.88 bits per heavy atom. The number of nitrogens with zero attached hydrogens (tertiary/aromatic N) is 4. The van der Waals surface area contributed by atoms with Gasteiger partial charge in [0.1, 0.15) is 0 Å². The first-order valence-corrected chi connectivity index (χ1v) is 7.67. The highest BCUT2D eigenvalue weighted by molar-refractivity contribution is 5.98. The topological polar surface area (TPSA) is 126 Å². The van der Waals surface area contributed by atoms with Gasteiger partial charge in [0.05, 0.1) is 0 Å². The van der Waals surface area contributed by atoms with E-state index in [1.165, 1.54) is 0 Å². The third kappa shape index (κ3) is 3.49. The summed E-state index contributed by atoms with van der Waals surface area (Å²) in [4.78, 5) is 36.2. The van der Waals surface area contributed by atoms with Crippen molar-refractivity contribution in [2.24, 2.45) is 5.92 Å². The van der Waals surface area contributed by atoms with Gasteiger partial charge in [0.2, 0.25) is 11.6 Å². The number of benzene rings is 1. The summed E-state index contributed by atoms with van der Waals surface area (Å²) in [5.74, 6) is -3.04. The van der Waals surface area contributed by atoms with Crippen molar-refractivity contribution < 1.29 is 24.6 Å². The lowest BCUT2D eigenvalue weighted by molar-refractivity contribution is -0.128. The maximum Gasteiger partial charge on any atom is 0.359 e. The van der Waals surface area contributed by atoms with E-state index in [1.54, 1.807) is 4.90 Å². The van der Waals surface area contributed by atoms with Crippen molar-refractivity contribution in [3.8, 4) is 0 Å². The number of aromatic nitrogens is 3. The zero-order valence-electron chi connectivity index (χ0n) is 13.2. The number of likely N-dealkylation sites (tertiary alicyclic amines) is 1. The maximum absolute atomic E-state index is 12.2. The summed E-state index contributed by atoms with van der Waals surface area (Å²) in [6.07, 6.45) is 0.258. The van der Waals surface area contributed by atoms with E-state index in [1.807, 2.05) is 30.3 Å². The molecule has 0 saturated carbocycles. The fourth-order valence-corrected chi connectivity index (χ4v) is 2.97. The molecule has 9 nitrogen and oxygen atoms in total. The molecule has 2 N–H and O–H groups in total. The lowest BCUT2D eigenvalue weighted by Crippen LogP contribution is -2.25. The molecule has 3 rings (SSSR count). The van der Waals surface area contributed by atoms with Crippen LogP contribution in [-0.2, 0) is 17.9 Å². The van der Waals surface area contributed by atoms with E-state index >= 15 is 0 Å². The molecular weight excluding hydrogens is 328 g/mol. The minimum atomic E-state index is -1.45. The molecule has 1 fully saturated rings. The summed E-state index contributed by atoms with van der Waals surface area (Å²) in [5.41, 5.74) is -0.0592. The number of carbonyl (C=O) groups is 3. The van der Waals surface area contributed by atoms with Crippen molar-refractivity contribution >= 4 is 17.8 Å². The molecule has 1 atom stereocenters. The van der Waals surface area contributed by atoms with Gasteiger partial charge in [-0.05, 0) is 5.56 Å². The Morgan fingerprint density at radius 1 is 1.16 bits per heavy atom. The summed E-state index contributed by atoms with van der Waals surface area (Å²) in [7, 11) is 0. The molecule has 9 heteroatoms. The van der Waals surface area contributed by atoms with Gasteiger partial charge in [0.25, 0.3) is 0 Å². The van der Waals surface area contributed by atoms with Crippen LogP contribution in [0.15, 0.2) is 30.3 Å². The second kappa shape index (κ2) is 6.71. The van der Waals surface area contributed by atoms with Gasteiger partial charge < -0.3 is 15.1 Å². The van der Waals surface area contributed by atoms with Crippen LogP contribution in [0.1, 0.15) is 33.0 Å². The highest BCUT2D eigenvalue weighted by atomic mass is 16.4. The minimum absolute atomic E-state index is 0.0238. The summed E-state index contributed by atoms with van der Waals surface area (Å²) in [6, 6.07) is 9.56. The number of hydrogen-bond acceptors (Lipinski definition) is 5. The fourth-order valence-electron chi connectivity index (χ4n) is 2.97. The molecule has 1 aromatic heterocycles. The van der Waals surface area contributed by atoms with Gasteiger partial charge in [-0.2, -0.15) is 0 Å². The molecule has 2 heterocycles. The lowest BCUT2D eigenvalue weighted by atomic mass is 10.1. The predicted octanol–water partition coefficient (Wildman–Crippen LogP) is 0.723. The van der Waals surface area contributed by atoms with Gasteiger partial charge in [-0.3, -0.25) is 4.79 Å². The van der Waals surface area contributed by atoms with Crippen LogP contribution in [0.4, 0.5) is 0 Å². The fraction of sp³-hybridized carbons (Fsp3) is 0.312. The van der Waals surface area contributed by atoms with Gasteiger partial charge in [-0.1, -0.05) is 35.5 Å². The summed E-state index contributed by atoms with van der Waals surface area (Å²) in [6.45, 7) is 1.06. The molecule has 1 aliphatic rings. The van der Waals surface area contributed by atoms with Crippen molar-refractivity contribution in [3.05, 3.63) is 47.3 Å². The number of hydrogen-bond donors (Lipinski definition) is 2. The Hall–Kier alpha value is -3.23. The Labute approximate surface area is 142 Å². The quantitative estimate of drug-likeness (QED) is 0.791. The smallest absolute Gasteiger partial charge is 0.359 e. The normalized spacial score (nSPS) is 17.0. The van der Waals surface area contributed by atoms with E-state index in [2.05, 4.69) is 10.3 Å². The van der Waals surface area contributed by atoms with E-state index in [4.69, 9.17) is 5.11 Å². The van der Waals surface area contributed by atoms with Crippen LogP contribution in [0.25, 0.3) is 0 Å². The third-order valence-corrected chi connectivity index (χ3v) is 4.08. The molecule has 1 saturated heterocycles. The van der Waals surface area contributed by atoms with Crippen LogP contribution in [0.5, 0.6) is 0 Å². The largest absolute Gasteiger partial charge is 0.476 e. The van der Waals surface area contributed by atoms with Crippen LogP contribution < -0.4 is 0 Å². The Morgan fingerprint density at radius 3 is 2.52 bits per heavy atom. The average molecular weight is 344 g/mol. The standard InChI is InChI=1S/C16H16N4O5/c21-12-6-11(8-19(12)7-10-4-2-1-3-5-10)9-20-14(16(24)25)13(15(22)23)17-18-20/h1-5,11H,6-9H2,(H,22,23)(H,24,25). The van der Waals surface area contributed by atoms with Crippen LogP contribution >= 0.6 is 0 Å². The summed E-state index contributed by atoms with van der Waals surface area (Å²) in [5, 5.41) is 25.3. The molecule has 130 valence electrons. The highest BCUT2D eigenvalue weighted by Gasteiger charge is 2.32. The van der Waals surface area contributed by atoms with Crippen LogP contribution in [0.3, 0.4) is 0 Å². The Bertz CT molecular complexity index is 817. The van der Waals surface area contributed by atoms with Gasteiger partial charge in [-0.15, -0.1) is 5.10 Å².